The molecule has 0 bridgehead atoms. The quantitative estimate of drug-likeness (QED) is 0.772. The van der Waals surface area contributed by atoms with Crippen molar-refractivity contribution in [2.75, 3.05) is 19.6 Å². The summed E-state index contributed by atoms with van der Waals surface area (Å²) in [6, 6.07) is 0. The normalized spacial score (nSPS) is 25.8. The van der Waals surface area contributed by atoms with E-state index in [9.17, 15) is 0 Å². The molecule has 0 radical (unpaired) electrons. The van der Waals surface area contributed by atoms with Gasteiger partial charge in [-0.15, -0.1) is 0 Å². The van der Waals surface area contributed by atoms with Crippen LogP contribution in [0.3, 0.4) is 0 Å². The third kappa shape index (κ3) is 1.72. The van der Waals surface area contributed by atoms with Gasteiger partial charge in [-0.05, 0) is 31.1 Å². The third-order valence-corrected chi connectivity index (χ3v) is 5.08. The largest absolute Gasteiger partial charge is 0.329 e. The van der Waals surface area contributed by atoms with E-state index >= 15 is 0 Å². The van der Waals surface area contributed by atoms with Gasteiger partial charge in [-0.25, -0.2) is 0 Å². The molecular formula is C13H26N2. The van der Waals surface area contributed by atoms with Crippen LogP contribution in [0.4, 0.5) is 0 Å². The Kier molecular flexibility index (Phi) is 3.09. The molecule has 2 fully saturated rings. The van der Waals surface area contributed by atoms with Gasteiger partial charge in [-0.3, -0.25) is 4.90 Å². The Labute approximate surface area is 94.2 Å². The van der Waals surface area contributed by atoms with Gasteiger partial charge in [0, 0.05) is 25.2 Å². The summed E-state index contributed by atoms with van der Waals surface area (Å²) in [5, 5.41) is 0. The summed E-state index contributed by atoms with van der Waals surface area (Å²) < 4.78 is 0. The first-order valence-electron chi connectivity index (χ1n) is 6.65. The van der Waals surface area contributed by atoms with E-state index in [1.54, 1.807) is 0 Å². The Morgan fingerprint density at radius 3 is 2.07 bits per heavy atom. The van der Waals surface area contributed by atoms with E-state index in [1.165, 1.54) is 51.6 Å². The zero-order valence-electron chi connectivity index (χ0n) is 10.4. The maximum absolute atomic E-state index is 5.98. The van der Waals surface area contributed by atoms with Crippen LogP contribution < -0.4 is 5.73 Å². The molecule has 1 aliphatic heterocycles. The Morgan fingerprint density at radius 2 is 1.67 bits per heavy atom. The van der Waals surface area contributed by atoms with Gasteiger partial charge in [-0.2, -0.15) is 0 Å². The van der Waals surface area contributed by atoms with Crippen LogP contribution in [0.1, 0.15) is 52.4 Å². The Bertz CT molecular complexity index is 198. The van der Waals surface area contributed by atoms with Crippen molar-refractivity contribution in [1.82, 2.24) is 4.90 Å². The Morgan fingerprint density at radius 1 is 1.13 bits per heavy atom. The highest BCUT2D eigenvalue weighted by Gasteiger charge is 2.50. The van der Waals surface area contributed by atoms with E-state index in [0.717, 1.165) is 6.54 Å². The van der Waals surface area contributed by atoms with Gasteiger partial charge in [0.1, 0.15) is 0 Å². The molecule has 1 spiro atoms. The van der Waals surface area contributed by atoms with Gasteiger partial charge in [0.2, 0.25) is 0 Å². The average Bonchev–Trinajstić information content (AvgIpc) is 2.69. The molecule has 1 aliphatic carbocycles. The molecule has 1 heterocycles. The number of hydrogen-bond acceptors (Lipinski definition) is 2. The smallest absolute Gasteiger partial charge is 0.0327 e. The van der Waals surface area contributed by atoms with E-state index in [-0.39, 0.29) is 0 Å². The highest BCUT2D eigenvalue weighted by Crippen LogP contribution is 2.48. The first kappa shape index (κ1) is 11.4. The predicted octanol–water partition coefficient (Wildman–Crippen LogP) is 2.38. The Hall–Kier alpha value is -0.0800. The monoisotopic (exact) mass is 210 g/mol. The fourth-order valence-corrected chi connectivity index (χ4v) is 3.66. The van der Waals surface area contributed by atoms with E-state index in [4.69, 9.17) is 5.73 Å². The van der Waals surface area contributed by atoms with Crippen molar-refractivity contribution in [3.8, 4) is 0 Å². The van der Waals surface area contributed by atoms with Crippen molar-refractivity contribution in [3.05, 3.63) is 0 Å². The van der Waals surface area contributed by atoms with Gasteiger partial charge in [-0.1, -0.05) is 26.7 Å². The lowest BCUT2D eigenvalue weighted by Gasteiger charge is -2.57. The molecular weight excluding hydrogens is 184 g/mol. The summed E-state index contributed by atoms with van der Waals surface area (Å²) in [7, 11) is 0. The highest BCUT2D eigenvalue weighted by molar-refractivity contribution is 5.05. The highest BCUT2D eigenvalue weighted by atomic mass is 15.3. The molecule has 0 atom stereocenters. The lowest BCUT2D eigenvalue weighted by Crippen LogP contribution is -2.66. The van der Waals surface area contributed by atoms with Gasteiger partial charge in [0.25, 0.3) is 0 Å². The Balaban J connectivity index is 1.96. The molecule has 2 nitrogen and oxygen atoms in total. The third-order valence-electron chi connectivity index (χ3n) is 5.08. The average molecular weight is 210 g/mol. The van der Waals surface area contributed by atoms with Gasteiger partial charge >= 0.3 is 0 Å². The summed E-state index contributed by atoms with van der Waals surface area (Å²) in [6.07, 6.45) is 8.27. The van der Waals surface area contributed by atoms with Crippen LogP contribution in [0.2, 0.25) is 0 Å². The summed E-state index contributed by atoms with van der Waals surface area (Å²) in [5.74, 6) is 0. The molecule has 0 amide bonds. The molecule has 2 heteroatoms. The number of rotatable bonds is 4. The van der Waals surface area contributed by atoms with Crippen molar-refractivity contribution in [2.45, 2.75) is 57.9 Å². The molecule has 88 valence electrons. The first-order chi connectivity index (χ1) is 7.20. The van der Waals surface area contributed by atoms with Crippen molar-refractivity contribution < 1.29 is 0 Å². The van der Waals surface area contributed by atoms with Gasteiger partial charge in [0.05, 0.1) is 0 Å². The standard InChI is InChI=1S/C13H26N2/c1-3-13(4-2,9-14)15-10-12(11-15)7-5-6-8-12/h3-11,14H2,1-2H3. The molecule has 15 heavy (non-hydrogen) atoms. The lowest BCUT2D eigenvalue weighted by atomic mass is 9.73. The van der Waals surface area contributed by atoms with Crippen LogP contribution in [0, 0.1) is 5.41 Å². The molecule has 1 saturated carbocycles. The summed E-state index contributed by atoms with van der Waals surface area (Å²) in [6.45, 7) is 8.06. The molecule has 2 N–H and O–H groups in total. The minimum atomic E-state index is 0.313. The topological polar surface area (TPSA) is 29.3 Å². The number of nitrogens with two attached hydrogens (primary N) is 1. The van der Waals surface area contributed by atoms with E-state index in [2.05, 4.69) is 18.7 Å². The fourth-order valence-electron chi connectivity index (χ4n) is 3.66. The van der Waals surface area contributed by atoms with Crippen LogP contribution in [0.25, 0.3) is 0 Å². The molecule has 1 saturated heterocycles. The summed E-state index contributed by atoms with van der Waals surface area (Å²) in [4.78, 5) is 2.66. The van der Waals surface area contributed by atoms with Crippen LogP contribution in [0.5, 0.6) is 0 Å². The first-order valence-corrected chi connectivity index (χ1v) is 6.65. The van der Waals surface area contributed by atoms with E-state index in [0.29, 0.717) is 11.0 Å². The van der Waals surface area contributed by atoms with Gasteiger partial charge < -0.3 is 5.73 Å². The molecule has 0 unspecified atom stereocenters. The number of likely N-dealkylation sites (tertiary alicyclic amines) is 1. The number of nitrogens with zero attached hydrogens (tertiary/aromatic N) is 1. The van der Waals surface area contributed by atoms with Crippen LogP contribution in [0.15, 0.2) is 0 Å². The lowest BCUT2D eigenvalue weighted by molar-refractivity contribution is -0.0759. The minimum absolute atomic E-state index is 0.313. The molecule has 0 aromatic carbocycles. The predicted molar refractivity (Wildman–Crippen MR) is 64.8 cm³/mol. The van der Waals surface area contributed by atoms with Crippen molar-refractivity contribution in [1.29, 1.82) is 0 Å². The second-order valence-corrected chi connectivity index (χ2v) is 5.70. The molecule has 0 aromatic heterocycles. The van der Waals surface area contributed by atoms with Crippen LogP contribution in [-0.2, 0) is 0 Å². The minimum Gasteiger partial charge on any atom is -0.329 e. The fraction of sp³-hybridized carbons (Fsp3) is 1.00. The zero-order chi connectivity index (χ0) is 10.9. The van der Waals surface area contributed by atoms with Gasteiger partial charge in [0.15, 0.2) is 0 Å². The van der Waals surface area contributed by atoms with Crippen molar-refractivity contribution >= 4 is 0 Å². The maximum atomic E-state index is 5.98. The van der Waals surface area contributed by atoms with Crippen LogP contribution >= 0.6 is 0 Å². The van der Waals surface area contributed by atoms with Crippen LogP contribution in [-0.4, -0.2) is 30.1 Å². The summed E-state index contributed by atoms with van der Waals surface area (Å²) in [5.41, 5.74) is 7.01. The molecule has 2 rings (SSSR count). The molecule has 0 aromatic rings. The second kappa shape index (κ2) is 4.06. The van der Waals surface area contributed by atoms with E-state index < -0.39 is 0 Å². The summed E-state index contributed by atoms with van der Waals surface area (Å²) >= 11 is 0. The number of hydrogen-bond donors (Lipinski definition) is 1. The van der Waals surface area contributed by atoms with Crippen molar-refractivity contribution in [2.24, 2.45) is 11.1 Å². The SMILES string of the molecule is CCC(CC)(CN)N1CC2(CCCC2)C1. The zero-order valence-corrected chi connectivity index (χ0v) is 10.4. The second-order valence-electron chi connectivity index (χ2n) is 5.70. The van der Waals surface area contributed by atoms with Crippen molar-refractivity contribution in [3.63, 3.8) is 0 Å². The van der Waals surface area contributed by atoms with E-state index in [1.807, 2.05) is 0 Å². The molecule has 2 aliphatic rings. The maximum Gasteiger partial charge on any atom is 0.0327 e.